The third kappa shape index (κ3) is 3.36. The summed E-state index contributed by atoms with van der Waals surface area (Å²) < 4.78 is 0. The first-order valence-corrected chi connectivity index (χ1v) is 7.10. The van der Waals surface area contributed by atoms with Crippen LogP contribution in [0.4, 0.5) is 17.7 Å². The van der Waals surface area contributed by atoms with Crippen molar-refractivity contribution in [3.63, 3.8) is 0 Å². The van der Waals surface area contributed by atoms with Crippen LogP contribution in [-0.4, -0.2) is 39.1 Å². The highest BCUT2D eigenvalue weighted by molar-refractivity contribution is 5.42. The molecule has 0 aliphatic carbocycles. The van der Waals surface area contributed by atoms with Gasteiger partial charge in [0.05, 0.1) is 0 Å². The Morgan fingerprint density at radius 1 is 1.29 bits per heavy atom. The fourth-order valence-corrected chi connectivity index (χ4v) is 2.61. The Labute approximate surface area is 123 Å². The molecule has 3 N–H and O–H groups in total. The highest BCUT2D eigenvalue weighted by Gasteiger charge is 2.21. The molecule has 1 atom stereocenters. The van der Waals surface area contributed by atoms with Gasteiger partial charge in [-0.15, -0.1) is 0 Å². The first-order valence-electron chi connectivity index (χ1n) is 7.10. The van der Waals surface area contributed by atoms with Crippen molar-refractivity contribution in [1.29, 1.82) is 0 Å². The van der Waals surface area contributed by atoms with E-state index in [1.165, 1.54) is 0 Å². The van der Waals surface area contributed by atoms with Gasteiger partial charge in [0, 0.05) is 43.3 Å². The first kappa shape index (κ1) is 13.5. The Kier molecular flexibility index (Phi) is 3.81. The van der Waals surface area contributed by atoms with E-state index in [1.54, 1.807) is 12.4 Å². The number of nitrogen functional groups attached to an aromatic ring is 1. The largest absolute Gasteiger partial charge is 0.368 e. The Hall–Kier alpha value is -2.44. The third-order valence-corrected chi connectivity index (χ3v) is 3.48. The van der Waals surface area contributed by atoms with E-state index in [0.717, 1.165) is 43.4 Å². The van der Waals surface area contributed by atoms with Crippen molar-refractivity contribution in [1.82, 2.24) is 19.9 Å². The van der Waals surface area contributed by atoms with E-state index in [1.807, 2.05) is 19.1 Å². The Balaban J connectivity index is 1.69. The molecule has 3 rings (SSSR count). The van der Waals surface area contributed by atoms with Crippen LogP contribution >= 0.6 is 0 Å². The molecule has 7 heteroatoms. The lowest BCUT2D eigenvalue weighted by Crippen LogP contribution is -2.43. The van der Waals surface area contributed by atoms with Crippen LogP contribution in [0.25, 0.3) is 0 Å². The highest BCUT2D eigenvalue weighted by atomic mass is 15.3. The fourth-order valence-electron chi connectivity index (χ4n) is 2.61. The van der Waals surface area contributed by atoms with Gasteiger partial charge in [-0.05, 0) is 25.8 Å². The minimum Gasteiger partial charge on any atom is -0.368 e. The van der Waals surface area contributed by atoms with Crippen molar-refractivity contribution in [2.75, 3.05) is 29.0 Å². The summed E-state index contributed by atoms with van der Waals surface area (Å²) in [4.78, 5) is 19.1. The lowest BCUT2D eigenvalue weighted by molar-refractivity contribution is 0.521. The molecule has 0 aromatic carbocycles. The summed E-state index contributed by atoms with van der Waals surface area (Å²) in [6, 6.07) is 4.04. The lowest BCUT2D eigenvalue weighted by Gasteiger charge is -2.33. The predicted octanol–water partition coefficient (Wildman–Crippen LogP) is 1.24. The van der Waals surface area contributed by atoms with Crippen molar-refractivity contribution in [2.24, 2.45) is 0 Å². The van der Waals surface area contributed by atoms with Gasteiger partial charge < -0.3 is 16.0 Å². The number of anilines is 3. The third-order valence-electron chi connectivity index (χ3n) is 3.48. The van der Waals surface area contributed by atoms with Crippen molar-refractivity contribution < 1.29 is 0 Å². The maximum Gasteiger partial charge on any atom is 0.225 e. The van der Waals surface area contributed by atoms with Gasteiger partial charge in [0.2, 0.25) is 11.9 Å². The van der Waals surface area contributed by atoms with Gasteiger partial charge in [-0.25, -0.2) is 15.0 Å². The van der Waals surface area contributed by atoms with Crippen LogP contribution < -0.4 is 16.0 Å². The summed E-state index contributed by atoms with van der Waals surface area (Å²) >= 11 is 0. The molecule has 0 spiro atoms. The molecule has 3 heterocycles. The van der Waals surface area contributed by atoms with Crippen LogP contribution in [0.15, 0.2) is 24.5 Å². The van der Waals surface area contributed by atoms with E-state index in [-0.39, 0.29) is 0 Å². The summed E-state index contributed by atoms with van der Waals surface area (Å²) in [5.41, 5.74) is 6.56. The lowest BCUT2D eigenvalue weighted by atomic mass is 10.1. The van der Waals surface area contributed by atoms with E-state index >= 15 is 0 Å². The topological polar surface area (TPSA) is 92.8 Å². The van der Waals surface area contributed by atoms with Crippen LogP contribution in [0, 0.1) is 6.92 Å². The number of hydrogen-bond acceptors (Lipinski definition) is 7. The average Bonchev–Trinajstić information content (AvgIpc) is 2.47. The van der Waals surface area contributed by atoms with E-state index in [9.17, 15) is 0 Å². The number of nitrogens with one attached hydrogen (secondary N) is 1. The van der Waals surface area contributed by atoms with Crippen LogP contribution in [0.2, 0.25) is 0 Å². The monoisotopic (exact) mass is 285 g/mol. The number of nitrogens with two attached hydrogens (primary N) is 1. The second kappa shape index (κ2) is 5.90. The van der Waals surface area contributed by atoms with E-state index in [4.69, 9.17) is 5.73 Å². The molecule has 0 radical (unpaired) electrons. The van der Waals surface area contributed by atoms with Crippen molar-refractivity contribution in [2.45, 2.75) is 25.8 Å². The molecule has 0 unspecified atom stereocenters. The molecule has 0 amide bonds. The Morgan fingerprint density at radius 2 is 2.10 bits per heavy atom. The average molecular weight is 285 g/mol. The van der Waals surface area contributed by atoms with E-state index in [2.05, 4.69) is 30.2 Å². The zero-order valence-corrected chi connectivity index (χ0v) is 12.0. The molecule has 2 aromatic heterocycles. The molecular formula is C14H19N7. The maximum atomic E-state index is 5.69. The molecule has 1 aliphatic rings. The minimum absolute atomic E-state index is 0.302. The van der Waals surface area contributed by atoms with E-state index < -0.39 is 0 Å². The summed E-state index contributed by atoms with van der Waals surface area (Å²) in [6.07, 6.45) is 5.73. The summed E-state index contributed by atoms with van der Waals surface area (Å²) in [5.74, 6) is 1.86. The van der Waals surface area contributed by atoms with Crippen LogP contribution in [0.5, 0.6) is 0 Å². The Bertz CT molecular complexity index is 581. The zero-order chi connectivity index (χ0) is 14.7. The van der Waals surface area contributed by atoms with Gasteiger partial charge in [-0.2, -0.15) is 4.98 Å². The zero-order valence-electron chi connectivity index (χ0n) is 12.0. The summed E-state index contributed by atoms with van der Waals surface area (Å²) in [5, 5.41) is 3.43. The van der Waals surface area contributed by atoms with Gasteiger partial charge in [0.25, 0.3) is 0 Å². The standard InChI is InChI=1S/C14H19N7/c1-10-8-12(20-13(15)18-10)19-11-4-2-7-21(9-11)14-16-5-3-6-17-14/h3,5-6,8,11H,2,4,7,9H2,1H3,(H3,15,18,19,20)/t11-/m0/s1. The van der Waals surface area contributed by atoms with Crippen molar-refractivity contribution in [3.8, 4) is 0 Å². The van der Waals surface area contributed by atoms with Gasteiger partial charge in [-0.3, -0.25) is 0 Å². The summed E-state index contributed by atoms with van der Waals surface area (Å²) in [6.45, 7) is 3.74. The SMILES string of the molecule is Cc1cc(N[C@H]2CCCN(c3ncccn3)C2)nc(N)n1. The molecule has 110 valence electrons. The number of rotatable bonds is 3. The number of aryl methyl sites for hydroxylation is 1. The predicted molar refractivity (Wildman–Crippen MR) is 82.1 cm³/mol. The quantitative estimate of drug-likeness (QED) is 0.876. The maximum absolute atomic E-state index is 5.69. The summed E-state index contributed by atoms with van der Waals surface area (Å²) in [7, 11) is 0. The molecule has 0 bridgehead atoms. The molecular weight excluding hydrogens is 266 g/mol. The minimum atomic E-state index is 0.302. The molecule has 1 aliphatic heterocycles. The van der Waals surface area contributed by atoms with Gasteiger partial charge in [-0.1, -0.05) is 0 Å². The number of piperidine rings is 1. The molecule has 1 saturated heterocycles. The van der Waals surface area contributed by atoms with E-state index in [0.29, 0.717) is 12.0 Å². The van der Waals surface area contributed by atoms with Crippen molar-refractivity contribution >= 4 is 17.7 Å². The smallest absolute Gasteiger partial charge is 0.225 e. The second-order valence-electron chi connectivity index (χ2n) is 5.23. The van der Waals surface area contributed by atoms with Gasteiger partial charge in [0.15, 0.2) is 0 Å². The van der Waals surface area contributed by atoms with Crippen molar-refractivity contribution in [3.05, 3.63) is 30.2 Å². The Morgan fingerprint density at radius 3 is 2.86 bits per heavy atom. The molecule has 0 saturated carbocycles. The van der Waals surface area contributed by atoms with Crippen LogP contribution in [-0.2, 0) is 0 Å². The fraction of sp³-hybridized carbons (Fsp3) is 0.429. The number of hydrogen-bond donors (Lipinski definition) is 2. The van der Waals surface area contributed by atoms with Gasteiger partial charge >= 0.3 is 0 Å². The number of nitrogens with zero attached hydrogens (tertiary/aromatic N) is 5. The highest BCUT2D eigenvalue weighted by Crippen LogP contribution is 2.18. The molecule has 21 heavy (non-hydrogen) atoms. The normalized spacial score (nSPS) is 18.5. The first-order chi connectivity index (χ1) is 10.2. The molecule has 7 nitrogen and oxygen atoms in total. The molecule has 2 aromatic rings. The second-order valence-corrected chi connectivity index (χ2v) is 5.23. The van der Waals surface area contributed by atoms with Crippen LogP contribution in [0.1, 0.15) is 18.5 Å². The van der Waals surface area contributed by atoms with Gasteiger partial charge in [0.1, 0.15) is 5.82 Å². The molecule has 1 fully saturated rings. The number of aromatic nitrogens is 4. The van der Waals surface area contributed by atoms with Crippen LogP contribution in [0.3, 0.4) is 0 Å².